The summed E-state index contributed by atoms with van der Waals surface area (Å²) < 4.78 is 12.8. The maximum absolute atomic E-state index is 14.4. The summed E-state index contributed by atoms with van der Waals surface area (Å²) in [6, 6.07) is 7.83. The van der Waals surface area contributed by atoms with E-state index in [0.29, 0.717) is 38.0 Å². The number of hydrogen-bond donors (Lipinski definition) is 0. The van der Waals surface area contributed by atoms with Gasteiger partial charge in [-0.25, -0.2) is 0 Å². The van der Waals surface area contributed by atoms with Gasteiger partial charge in [0.05, 0.1) is 16.6 Å². The van der Waals surface area contributed by atoms with Crippen molar-refractivity contribution in [1.82, 2.24) is 9.80 Å². The molecule has 1 aromatic rings. The normalized spacial score (nSPS) is 32.0. The Morgan fingerprint density at radius 3 is 2.24 bits per heavy atom. The first-order chi connectivity index (χ1) is 17.9. The van der Waals surface area contributed by atoms with Crippen LogP contribution in [0.15, 0.2) is 18.2 Å². The van der Waals surface area contributed by atoms with Crippen LogP contribution >= 0.6 is 0 Å². The third kappa shape index (κ3) is 3.96. The van der Waals surface area contributed by atoms with Gasteiger partial charge < -0.3 is 19.1 Å². The Kier molecular flexibility index (Phi) is 6.28. The Morgan fingerprint density at radius 1 is 0.974 bits per heavy atom. The van der Waals surface area contributed by atoms with E-state index in [1.165, 1.54) is 25.8 Å². The first-order valence-corrected chi connectivity index (χ1v) is 14.8. The molecule has 7 nitrogen and oxygen atoms in total. The third-order valence-electron chi connectivity index (χ3n) is 10.8. The van der Waals surface area contributed by atoms with Gasteiger partial charge in [-0.1, -0.05) is 18.6 Å². The van der Waals surface area contributed by atoms with Crippen LogP contribution < -0.4 is 10.4 Å². The highest BCUT2D eigenvalue weighted by Gasteiger charge is 2.57. The molecular formula is C30H44BN3O4. The largest absolute Gasteiger partial charge is 0.494 e. The lowest BCUT2D eigenvalue weighted by molar-refractivity contribution is -0.134. The molecule has 1 atom stereocenters. The third-order valence-corrected chi connectivity index (χ3v) is 10.8. The number of rotatable bonds is 3. The number of anilines is 1. The molecule has 2 amide bonds. The molecule has 3 saturated heterocycles. The Hall–Kier alpha value is -1.90. The fraction of sp³-hybridized carbons (Fsp3) is 0.733. The molecule has 8 heteroatoms. The van der Waals surface area contributed by atoms with Gasteiger partial charge in [-0.15, -0.1) is 0 Å². The molecule has 0 bridgehead atoms. The van der Waals surface area contributed by atoms with E-state index in [2.05, 4.69) is 62.6 Å². The summed E-state index contributed by atoms with van der Waals surface area (Å²) in [6.45, 7) is 14.7. The van der Waals surface area contributed by atoms with Crippen LogP contribution in [-0.4, -0.2) is 77.7 Å². The smallest absolute Gasteiger partial charge is 0.399 e. The number of benzene rings is 1. The Morgan fingerprint density at radius 2 is 1.63 bits per heavy atom. The molecule has 4 heterocycles. The number of piperidine rings is 2. The molecule has 4 fully saturated rings. The van der Waals surface area contributed by atoms with Crippen LogP contribution in [0.5, 0.6) is 0 Å². The monoisotopic (exact) mass is 521 g/mol. The molecule has 1 aliphatic carbocycles. The number of carbonyl (C=O) groups excluding carboxylic acids is 2. The minimum absolute atomic E-state index is 0.0935. The van der Waals surface area contributed by atoms with Crippen molar-refractivity contribution in [2.24, 2.45) is 0 Å². The molecule has 6 rings (SSSR count). The van der Waals surface area contributed by atoms with Crippen molar-refractivity contribution >= 4 is 30.1 Å². The summed E-state index contributed by atoms with van der Waals surface area (Å²) >= 11 is 0. The van der Waals surface area contributed by atoms with E-state index in [4.69, 9.17) is 9.31 Å². The number of fused-ring (bicyclic) bond motifs is 2. The highest BCUT2D eigenvalue weighted by molar-refractivity contribution is 6.62. The minimum Gasteiger partial charge on any atom is -0.399 e. The molecule has 0 radical (unpaired) electrons. The van der Waals surface area contributed by atoms with E-state index in [9.17, 15) is 9.59 Å². The highest BCUT2D eigenvalue weighted by Crippen LogP contribution is 2.51. The topological polar surface area (TPSA) is 62.3 Å². The summed E-state index contributed by atoms with van der Waals surface area (Å²) in [4.78, 5) is 33.2. The van der Waals surface area contributed by atoms with Crippen molar-refractivity contribution in [3.8, 4) is 0 Å². The molecule has 1 saturated carbocycles. The fourth-order valence-electron chi connectivity index (χ4n) is 7.49. The molecule has 4 aliphatic heterocycles. The van der Waals surface area contributed by atoms with Crippen LogP contribution in [0.25, 0.3) is 0 Å². The summed E-state index contributed by atoms with van der Waals surface area (Å²) in [6.07, 6.45) is 7.32. The van der Waals surface area contributed by atoms with Crippen molar-refractivity contribution in [3.63, 3.8) is 0 Å². The van der Waals surface area contributed by atoms with Gasteiger partial charge in [0.1, 0.15) is 0 Å². The number of nitrogens with zero attached hydrogens (tertiary/aromatic N) is 3. The molecule has 0 N–H and O–H groups in total. The van der Waals surface area contributed by atoms with Gasteiger partial charge >= 0.3 is 7.12 Å². The summed E-state index contributed by atoms with van der Waals surface area (Å²) in [5, 5.41) is 0. The van der Waals surface area contributed by atoms with Gasteiger partial charge in [0.15, 0.2) is 0 Å². The van der Waals surface area contributed by atoms with Crippen molar-refractivity contribution < 1.29 is 18.9 Å². The minimum atomic E-state index is -0.542. The highest BCUT2D eigenvalue weighted by atomic mass is 16.7. The first-order valence-electron chi connectivity index (χ1n) is 14.8. The number of hydrogen-bond acceptors (Lipinski definition) is 5. The van der Waals surface area contributed by atoms with Crippen LogP contribution in [-0.2, 0) is 24.3 Å². The van der Waals surface area contributed by atoms with E-state index in [0.717, 1.165) is 29.6 Å². The van der Waals surface area contributed by atoms with E-state index in [1.807, 2.05) is 4.90 Å². The molecule has 1 aromatic carbocycles. The van der Waals surface area contributed by atoms with E-state index < -0.39 is 23.7 Å². The van der Waals surface area contributed by atoms with Crippen LogP contribution in [0.2, 0.25) is 0 Å². The second-order valence-corrected chi connectivity index (χ2v) is 13.5. The molecule has 38 heavy (non-hydrogen) atoms. The second-order valence-electron chi connectivity index (χ2n) is 13.5. The number of carbonyl (C=O) groups is 2. The lowest BCUT2D eigenvalue weighted by Gasteiger charge is -2.50. The van der Waals surface area contributed by atoms with Crippen molar-refractivity contribution in [1.29, 1.82) is 0 Å². The van der Waals surface area contributed by atoms with Crippen LogP contribution in [0, 0.1) is 0 Å². The van der Waals surface area contributed by atoms with Gasteiger partial charge in [-0.2, -0.15) is 0 Å². The van der Waals surface area contributed by atoms with Crippen LogP contribution in [0.1, 0.15) is 92.1 Å². The lowest BCUT2D eigenvalue weighted by atomic mass is 9.71. The molecule has 5 aliphatic rings. The van der Waals surface area contributed by atoms with Crippen molar-refractivity contribution in [3.05, 3.63) is 23.8 Å². The summed E-state index contributed by atoms with van der Waals surface area (Å²) in [5.41, 5.74) is 1.76. The molecule has 206 valence electrons. The summed E-state index contributed by atoms with van der Waals surface area (Å²) in [5.74, 6) is 0.327. The predicted molar refractivity (Wildman–Crippen MR) is 150 cm³/mol. The van der Waals surface area contributed by atoms with Gasteiger partial charge in [-0.05, 0) is 96.8 Å². The number of amides is 2. The van der Waals surface area contributed by atoms with Crippen molar-refractivity contribution in [2.75, 3.05) is 24.5 Å². The Balaban J connectivity index is 1.31. The van der Waals surface area contributed by atoms with Gasteiger partial charge in [-0.3, -0.25) is 14.5 Å². The van der Waals surface area contributed by atoms with Crippen LogP contribution in [0.3, 0.4) is 0 Å². The maximum atomic E-state index is 14.4. The van der Waals surface area contributed by atoms with E-state index >= 15 is 0 Å². The SMILES string of the molecule is CC(=O)N1CCC2(CC1)C(=O)N([C@H]1C[C@@H](N3CCCC[C@@H]3C)C1)c1cc(B3OC(C)(C)C(C)(C)O3)ccc12. The average Bonchev–Trinajstić information content (AvgIpc) is 3.20. The number of likely N-dealkylation sites (tertiary alicyclic amines) is 2. The zero-order chi connectivity index (χ0) is 27.0. The maximum Gasteiger partial charge on any atom is 0.494 e. The fourth-order valence-corrected chi connectivity index (χ4v) is 7.49. The zero-order valence-electron chi connectivity index (χ0n) is 24.1. The Bertz CT molecular complexity index is 1110. The van der Waals surface area contributed by atoms with Crippen LogP contribution in [0.4, 0.5) is 5.69 Å². The average molecular weight is 522 g/mol. The predicted octanol–water partition coefficient (Wildman–Crippen LogP) is 3.62. The van der Waals surface area contributed by atoms with Gasteiger partial charge in [0, 0.05) is 43.8 Å². The summed E-state index contributed by atoms with van der Waals surface area (Å²) in [7, 11) is -0.457. The van der Waals surface area contributed by atoms with E-state index in [-0.39, 0.29) is 17.9 Å². The molecule has 0 aromatic heterocycles. The molecule has 1 spiro atoms. The standard InChI is InChI=1S/C30H44BN3O4/c1-20-9-7-8-14-33(20)23-18-24(19-23)34-26-17-22(31-37-28(3,4)29(5,6)38-31)10-11-25(26)30(27(34)36)12-15-32(16-13-30)21(2)35/h10-11,17,20,23-24H,7-9,12-16,18-19H2,1-6H3/t20-,23-,24+/m0/s1. The molecule has 0 unspecified atom stereocenters. The van der Waals surface area contributed by atoms with Gasteiger partial charge in [0.2, 0.25) is 11.8 Å². The van der Waals surface area contributed by atoms with Crippen molar-refractivity contribution in [2.45, 2.75) is 121 Å². The van der Waals surface area contributed by atoms with E-state index in [1.54, 1.807) is 6.92 Å². The van der Waals surface area contributed by atoms with Gasteiger partial charge in [0.25, 0.3) is 0 Å². The molecular weight excluding hydrogens is 477 g/mol. The quantitative estimate of drug-likeness (QED) is 0.569. The first kappa shape index (κ1) is 26.3. The lowest BCUT2D eigenvalue weighted by Crippen LogP contribution is -2.59. The second kappa shape index (κ2) is 9.07. The zero-order valence-corrected chi connectivity index (χ0v) is 24.1. The Labute approximate surface area is 228 Å².